The normalized spacial score (nSPS) is 18.3. The topological polar surface area (TPSA) is 53.2 Å². The molecule has 0 bridgehead atoms. The number of halogens is 5. The number of alkyl halides is 3. The van der Waals surface area contributed by atoms with Gasteiger partial charge in [-0.2, -0.15) is 13.2 Å². The number of hydrogen-bond acceptors (Lipinski definition) is 2. The van der Waals surface area contributed by atoms with Gasteiger partial charge in [0.1, 0.15) is 0 Å². The molecule has 0 unspecified atom stereocenters. The summed E-state index contributed by atoms with van der Waals surface area (Å²) in [7, 11) is 0. The Hall–Kier alpha value is -1.18. The molecule has 1 aromatic rings. The van der Waals surface area contributed by atoms with Crippen molar-refractivity contribution in [3.8, 4) is 0 Å². The summed E-state index contributed by atoms with van der Waals surface area (Å²) < 4.78 is 37.9. The van der Waals surface area contributed by atoms with E-state index in [0.717, 1.165) is 37.6 Å². The molecule has 1 heterocycles. The van der Waals surface area contributed by atoms with Crippen LogP contribution in [0, 0.1) is 0 Å². The molecule has 0 saturated carbocycles. The highest BCUT2D eigenvalue weighted by molar-refractivity contribution is 6.33. The van der Waals surface area contributed by atoms with E-state index < -0.39 is 17.8 Å². The molecule has 124 valence electrons. The van der Waals surface area contributed by atoms with Gasteiger partial charge in [0.2, 0.25) is 0 Å². The highest BCUT2D eigenvalue weighted by Gasteiger charge is 2.31. The van der Waals surface area contributed by atoms with Crippen LogP contribution in [-0.4, -0.2) is 25.2 Å². The Morgan fingerprint density at radius 3 is 2.68 bits per heavy atom. The lowest BCUT2D eigenvalue weighted by Gasteiger charge is -2.24. The van der Waals surface area contributed by atoms with Crippen molar-refractivity contribution in [1.29, 1.82) is 0 Å². The Bertz CT molecular complexity index is 520. The molecule has 1 saturated heterocycles. The van der Waals surface area contributed by atoms with Crippen LogP contribution in [0.1, 0.15) is 18.4 Å². The third kappa shape index (κ3) is 5.23. The largest absolute Gasteiger partial charge is 0.416 e. The second-order valence-corrected chi connectivity index (χ2v) is 5.24. The van der Waals surface area contributed by atoms with Crippen LogP contribution in [0.5, 0.6) is 0 Å². The monoisotopic (exact) mass is 357 g/mol. The number of rotatable bonds is 2. The quantitative estimate of drug-likeness (QED) is 0.756. The lowest BCUT2D eigenvalue weighted by molar-refractivity contribution is -0.137. The summed E-state index contributed by atoms with van der Waals surface area (Å²) in [5.41, 5.74) is -0.922. The molecule has 3 N–H and O–H groups in total. The van der Waals surface area contributed by atoms with Crippen molar-refractivity contribution in [1.82, 2.24) is 10.6 Å². The number of piperidine rings is 1. The van der Waals surface area contributed by atoms with Crippen LogP contribution in [0.3, 0.4) is 0 Å². The van der Waals surface area contributed by atoms with Crippen molar-refractivity contribution in [2.24, 2.45) is 0 Å². The number of hydrogen-bond donors (Lipinski definition) is 3. The molecule has 1 fully saturated rings. The van der Waals surface area contributed by atoms with Crippen LogP contribution < -0.4 is 16.0 Å². The van der Waals surface area contributed by atoms with Crippen molar-refractivity contribution < 1.29 is 18.0 Å². The molecular weight excluding hydrogens is 342 g/mol. The van der Waals surface area contributed by atoms with Crippen molar-refractivity contribution in [2.75, 3.05) is 18.4 Å². The summed E-state index contributed by atoms with van der Waals surface area (Å²) in [5, 5.41) is 8.24. The van der Waals surface area contributed by atoms with E-state index in [1.54, 1.807) is 0 Å². The van der Waals surface area contributed by atoms with Crippen molar-refractivity contribution in [3.05, 3.63) is 28.8 Å². The first-order valence-corrected chi connectivity index (χ1v) is 6.89. The van der Waals surface area contributed by atoms with Crippen molar-refractivity contribution in [2.45, 2.75) is 25.1 Å². The molecule has 1 atom stereocenters. The Labute approximate surface area is 137 Å². The molecule has 22 heavy (non-hydrogen) atoms. The van der Waals surface area contributed by atoms with Gasteiger partial charge in [-0.15, -0.1) is 12.4 Å². The number of urea groups is 1. The minimum atomic E-state index is -4.48. The van der Waals surface area contributed by atoms with Gasteiger partial charge in [-0.1, -0.05) is 11.6 Å². The standard InChI is InChI=1S/C13H15ClF3N3O.ClH/c14-10-4-3-8(13(15,16)17)6-11(10)20-12(21)19-9-2-1-5-18-7-9;/h3-4,6,9,18H,1-2,5,7H2,(H2,19,20,21);1H/t9-;/m1./s1. The Kier molecular flexibility index (Phi) is 6.77. The smallest absolute Gasteiger partial charge is 0.334 e. The van der Waals surface area contributed by atoms with Gasteiger partial charge in [-0.25, -0.2) is 4.79 Å². The molecule has 2 amide bonds. The van der Waals surface area contributed by atoms with E-state index in [-0.39, 0.29) is 29.2 Å². The van der Waals surface area contributed by atoms with E-state index >= 15 is 0 Å². The highest BCUT2D eigenvalue weighted by atomic mass is 35.5. The fourth-order valence-electron chi connectivity index (χ4n) is 2.12. The molecule has 1 aliphatic rings. The van der Waals surface area contributed by atoms with Crippen LogP contribution in [-0.2, 0) is 6.18 Å². The second-order valence-electron chi connectivity index (χ2n) is 4.83. The van der Waals surface area contributed by atoms with Gasteiger partial charge in [-0.3, -0.25) is 0 Å². The van der Waals surface area contributed by atoms with Crippen LogP contribution >= 0.6 is 24.0 Å². The van der Waals surface area contributed by atoms with Gasteiger partial charge in [0.15, 0.2) is 0 Å². The van der Waals surface area contributed by atoms with Crippen LogP contribution in [0.25, 0.3) is 0 Å². The Morgan fingerprint density at radius 1 is 1.36 bits per heavy atom. The predicted octanol–water partition coefficient (Wildman–Crippen LogP) is 3.65. The summed E-state index contributed by atoms with van der Waals surface area (Å²) in [4.78, 5) is 11.8. The Morgan fingerprint density at radius 2 is 2.09 bits per heavy atom. The van der Waals surface area contributed by atoms with Crippen LogP contribution in [0.2, 0.25) is 5.02 Å². The van der Waals surface area contributed by atoms with Crippen LogP contribution in [0.15, 0.2) is 18.2 Å². The number of anilines is 1. The maximum absolute atomic E-state index is 12.6. The molecular formula is C13H16Cl2F3N3O. The zero-order valence-corrected chi connectivity index (χ0v) is 13.0. The number of nitrogens with one attached hydrogen (secondary N) is 3. The molecule has 2 rings (SSSR count). The van der Waals surface area contributed by atoms with Gasteiger partial charge >= 0.3 is 12.2 Å². The molecule has 0 spiro atoms. The van der Waals surface area contributed by atoms with E-state index in [9.17, 15) is 18.0 Å². The van der Waals surface area contributed by atoms with Gasteiger partial charge in [0, 0.05) is 12.6 Å². The maximum Gasteiger partial charge on any atom is 0.416 e. The minimum Gasteiger partial charge on any atom is -0.334 e. The predicted molar refractivity (Wildman–Crippen MR) is 81.7 cm³/mol. The first-order chi connectivity index (χ1) is 9.86. The van der Waals surface area contributed by atoms with E-state index in [2.05, 4.69) is 16.0 Å². The zero-order chi connectivity index (χ0) is 15.5. The third-order valence-corrected chi connectivity index (χ3v) is 3.50. The molecule has 9 heteroatoms. The Balaban J connectivity index is 0.00000242. The van der Waals surface area contributed by atoms with Gasteiger partial charge in [0.05, 0.1) is 16.3 Å². The molecule has 0 aromatic heterocycles. The summed E-state index contributed by atoms with van der Waals surface area (Å²) in [6, 6.07) is 2.20. The minimum absolute atomic E-state index is 0. The zero-order valence-electron chi connectivity index (χ0n) is 11.5. The summed E-state index contributed by atoms with van der Waals surface area (Å²) in [6.07, 6.45) is -2.71. The van der Waals surface area contributed by atoms with Gasteiger partial charge in [-0.05, 0) is 37.6 Å². The molecule has 0 radical (unpaired) electrons. The van der Waals surface area contributed by atoms with E-state index in [4.69, 9.17) is 11.6 Å². The first-order valence-electron chi connectivity index (χ1n) is 6.51. The van der Waals surface area contributed by atoms with Gasteiger partial charge in [0.25, 0.3) is 0 Å². The number of carbonyl (C=O) groups excluding carboxylic acids is 1. The van der Waals surface area contributed by atoms with Gasteiger partial charge < -0.3 is 16.0 Å². The average Bonchev–Trinajstić information content (AvgIpc) is 2.41. The third-order valence-electron chi connectivity index (χ3n) is 3.17. The number of carbonyl (C=O) groups is 1. The fraction of sp³-hybridized carbons (Fsp3) is 0.462. The molecule has 0 aliphatic carbocycles. The van der Waals surface area contributed by atoms with E-state index in [1.165, 1.54) is 0 Å². The average molecular weight is 358 g/mol. The SMILES string of the molecule is Cl.O=C(Nc1cc(C(F)(F)F)ccc1Cl)N[C@@H]1CCCNC1. The van der Waals surface area contributed by atoms with Crippen molar-refractivity contribution >= 4 is 35.7 Å². The second kappa shape index (κ2) is 7.89. The highest BCUT2D eigenvalue weighted by Crippen LogP contribution is 2.33. The summed E-state index contributed by atoms with van der Waals surface area (Å²) >= 11 is 5.81. The fourth-order valence-corrected chi connectivity index (χ4v) is 2.28. The summed E-state index contributed by atoms with van der Waals surface area (Å²) in [5.74, 6) is 0. The number of amides is 2. The van der Waals surface area contributed by atoms with E-state index in [0.29, 0.717) is 6.54 Å². The number of benzene rings is 1. The van der Waals surface area contributed by atoms with Crippen molar-refractivity contribution in [3.63, 3.8) is 0 Å². The lowest BCUT2D eigenvalue weighted by atomic mass is 10.1. The first kappa shape index (κ1) is 18.9. The maximum atomic E-state index is 12.6. The lowest BCUT2D eigenvalue weighted by Crippen LogP contribution is -2.47. The van der Waals surface area contributed by atoms with Crippen LogP contribution in [0.4, 0.5) is 23.7 Å². The van der Waals surface area contributed by atoms with E-state index in [1.807, 2.05) is 0 Å². The molecule has 1 aromatic carbocycles. The molecule has 4 nitrogen and oxygen atoms in total. The molecule has 1 aliphatic heterocycles. The summed E-state index contributed by atoms with van der Waals surface area (Å²) in [6.45, 7) is 1.54.